The molecule has 0 fully saturated rings. The van der Waals surface area contributed by atoms with Crippen LogP contribution in [0.1, 0.15) is 46.0 Å². The van der Waals surface area contributed by atoms with E-state index in [1.165, 1.54) is 38.2 Å². The molecule has 0 saturated carbocycles. The van der Waals surface area contributed by atoms with Gasteiger partial charge in [-0.2, -0.15) is 0 Å². The molecule has 0 heterocycles. The number of hydrogen-bond acceptors (Lipinski definition) is 1. The van der Waals surface area contributed by atoms with E-state index in [-0.39, 0.29) is 5.91 Å². The lowest BCUT2D eigenvalue weighted by atomic mass is 9.97. The van der Waals surface area contributed by atoms with Gasteiger partial charge >= 0.3 is 0 Å². The Morgan fingerprint density at radius 1 is 1.36 bits per heavy atom. The van der Waals surface area contributed by atoms with E-state index in [1.54, 1.807) is 0 Å². The molecule has 1 amide bonds. The average molecular weight is 197 g/mol. The van der Waals surface area contributed by atoms with Crippen LogP contribution in [0.25, 0.3) is 0 Å². The summed E-state index contributed by atoms with van der Waals surface area (Å²) in [5.74, 6) is 0.589. The molecule has 2 nitrogen and oxygen atoms in total. The molecule has 0 aromatic heterocycles. The van der Waals surface area contributed by atoms with Crippen molar-refractivity contribution in [1.82, 2.24) is 5.32 Å². The van der Waals surface area contributed by atoms with Crippen LogP contribution in [0, 0.1) is 5.92 Å². The Bertz CT molecular complexity index is 166. The third kappa shape index (κ3) is 6.70. The number of carbonyl (C=O) groups excluding carboxylic acids is 1. The van der Waals surface area contributed by atoms with Gasteiger partial charge in [-0.25, -0.2) is 0 Å². The Balaban J connectivity index is 3.71. The van der Waals surface area contributed by atoms with Crippen LogP contribution in [-0.2, 0) is 4.79 Å². The first kappa shape index (κ1) is 13.2. The summed E-state index contributed by atoms with van der Waals surface area (Å²) in [5.41, 5.74) is 0. The minimum Gasteiger partial charge on any atom is -0.352 e. The molecule has 0 aliphatic heterocycles. The highest BCUT2D eigenvalue weighted by Crippen LogP contribution is 2.13. The standard InChI is InChI=1S/C12H23NO/c1-4-7-9-11(8-5-2)10-13-12(14)6-3/h6,11H,3-5,7-10H2,1-2H3,(H,13,14). The second-order valence-corrected chi connectivity index (χ2v) is 3.75. The number of rotatable bonds is 8. The molecule has 0 rings (SSSR count). The molecule has 0 aliphatic carbocycles. The van der Waals surface area contributed by atoms with Gasteiger partial charge in [0.05, 0.1) is 0 Å². The molecular weight excluding hydrogens is 174 g/mol. The van der Waals surface area contributed by atoms with Crippen molar-refractivity contribution in [2.24, 2.45) is 5.92 Å². The fourth-order valence-electron chi connectivity index (χ4n) is 1.57. The quantitative estimate of drug-likeness (QED) is 0.596. The first-order valence-electron chi connectivity index (χ1n) is 5.64. The van der Waals surface area contributed by atoms with Crippen molar-refractivity contribution in [2.45, 2.75) is 46.0 Å². The summed E-state index contributed by atoms with van der Waals surface area (Å²) in [6, 6.07) is 0. The van der Waals surface area contributed by atoms with Gasteiger partial charge in [-0.3, -0.25) is 4.79 Å². The van der Waals surface area contributed by atoms with Crippen molar-refractivity contribution in [2.75, 3.05) is 6.54 Å². The molecule has 0 saturated heterocycles. The maximum Gasteiger partial charge on any atom is 0.243 e. The van der Waals surface area contributed by atoms with Crippen LogP contribution in [0.3, 0.4) is 0 Å². The molecule has 82 valence electrons. The lowest BCUT2D eigenvalue weighted by molar-refractivity contribution is -0.116. The molecule has 14 heavy (non-hydrogen) atoms. The fourth-order valence-corrected chi connectivity index (χ4v) is 1.57. The lowest BCUT2D eigenvalue weighted by Gasteiger charge is -2.15. The van der Waals surface area contributed by atoms with Gasteiger partial charge in [-0.05, 0) is 24.8 Å². The van der Waals surface area contributed by atoms with Crippen LogP contribution in [0.4, 0.5) is 0 Å². The summed E-state index contributed by atoms with van der Waals surface area (Å²) in [6.45, 7) is 8.63. The van der Waals surface area contributed by atoms with Crippen LogP contribution in [-0.4, -0.2) is 12.5 Å². The number of nitrogens with one attached hydrogen (secondary N) is 1. The van der Waals surface area contributed by atoms with Gasteiger partial charge in [-0.15, -0.1) is 0 Å². The van der Waals surface area contributed by atoms with Gasteiger partial charge in [0.15, 0.2) is 0 Å². The Labute approximate surface area is 87.8 Å². The van der Waals surface area contributed by atoms with Crippen LogP contribution in [0.15, 0.2) is 12.7 Å². The SMILES string of the molecule is C=CC(=O)NCC(CCC)CCCC. The van der Waals surface area contributed by atoms with Gasteiger partial charge in [0, 0.05) is 6.54 Å². The van der Waals surface area contributed by atoms with Crippen LogP contribution < -0.4 is 5.32 Å². The van der Waals surface area contributed by atoms with Gasteiger partial charge in [0.25, 0.3) is 0 Å². The zero-order chi connectivity index (χ0) is 10.8. The van der Waals surface area contributed by atoms with E-state index in [2.05, 4.69) is 25.7 Å². The Morgan fingerprint density at radius 2 is 2.07 bits per heavy atom. The molecule has 0 aliphatic rings. The summed E-state index contributed by atoms with van der Waals surface area (Å²) in [4.78, 5) is 11.0. The smallest absolute Gasteiger partial charge is 0.243 e. The first-order valence-corrected chi connectivity index (χ1v) is 5.64. The van der Waals surface area contributed by atoms with E-state index >= 15 is 0 Å². The highest BCUT2D eigenvalue weighted by molar-refractivity contribution is 5.86. The van der Waals surface area contributed by atoms with Crippen molar-refractivity contribution >= 4 is 5.91 Å². The van der Waals surface area contributed by atoms with E-state index < -0.39 is 0 Å². The van der Waals surface area contributed by atoms with Crippen molar-refractivity contribution < 1.29 is 4.79 Å². The molecule has 0 aromatic carbocycles. The molecule has 0 radical (unpaired) electrons. The minimum absolute atomic E-state index is 0.0531. The second kappa shape index (κ2) is 8.79. The molecule has 0 bridgehead atoms. The van der Waals surface area contributed by atoms with E-state index in [0.29, 0.717) is 5.92 Å². The zero-order valence-electron chi connectivity index (χ0n) is 9.51. The number of carbonyl (C=O) groups is 1. The maximum absolute atomic E-state index is 11.0. The third-order valence-corrected chi connectivity index (χ3v) is 2.41. The van der Waals surface area contributed by atoms with E-state index in [4.69, 9.17) is 0 Å². The summed E-state index contributed by atoms with van der Waals surface area (Å²) < 4.78 is 0. The predicted molar refractivity (Wildman–Crippen MR) is 61.1 cm³/mol. The summed E-state index contributed by atoms with van der Waals surface area (Å²) in [6.07, 6.45) is 7.45. The largest absolute Gasteiger partial charge is 0.352 e. The maximum atomic E-state index is 11.0. The fraction of sp³-hybridized carbons (Fsp3) is 0.750. The first-order chi connectivity index (χ1) is 6.74. The van der Waals surface area contributed by atoms with Gasteiger partial charge in [0.2, 0.25) is 5.91 Å². The van der Waals surface area contributed by atoms with Gasteiger partial charge in [0.1, 0.15) is 0 Å². The number of unbranched alkanes of at least 4 members (excludes halogenated alkanes) is 1. The molecule has 1 unspecified atom stereocenters. The van der Waals surface area contributed by atoms with Crippen molar-refractivity contribution in [3.8, 4) is 0 Å². The minimum atomic E-state index is -0.0531. The Hall–Kier alpha value is -0.790. The number of hydrogen-bond donors (Lipinski definition) is 1. The highest BCUT2D eigenvalue weighted by atomic mass is 16.1. The summed E-state index contributed by atoms with van der Waals surface area (Å²) in [7, 11) is 0. The van der Waals surface area contributed by atoms with Gasteiger partial charge in [-0.1, -0.05) is 39.7 Å². The van der Waals surface area contributed by atoms with Crippen LogP contribution in [0.2, 0.25) is 0 Å². The number of amides is 1. The molecular formula is C12H23NO. The molecule has 1 atom stereocenters. The molecule has 2 heteroatoms. The van der Waals surface area contributed by atoms with E-state index in [0.717, 1.165) is 6.54 Å². The van der Waals surface area contributed by atoms with E-state index in [1.807, 2.05) is 0 Å². The second-order valence-electron chi connectivity index (χ2n) is 3.75. The highest BCUT2D eigenvalue weighted by Gasteiger charge is 2.07. The van der Waals surface area contributed by atoms with Crippen molar-refractivity contribution in [3.05, 3.63) is 12.7 Å². The topological polar surface area (TPSA) is 29.1 Å². The normalized spacial score (nSPS) is 12.1. The van der Waals surface area contributed by atoms with E-state index in [9.17, 15) is 4.79 Å². The lowest BCUT2D eigenvalue weighted by Crippen LogP contribution is -2.27. The van der Waals surface area contributed by atoms with Crippen LogP contribution >= 0.6 is 0 Å². The summed E-state index contributed by atoms with van der Waals surface area (Å²) >= 11 is 0. The van der Waals surface area contributed by atoms with Gasteiger partial charge < -0.3 is 5.32 Å². The monoisotopic (exact) mass is 197 g/mol. The molecule has 1 N–H and O–H groups in total. The third-order valence-electron chi connectivity index (χ3n) is 2.41. The Morgan fingerprint density at radius 3 is 2.57 bits per heavy atom. The van der Waals surface area contributed by atoms with Crippen molar-refractivity contribution in [3.63, 3.8) is 0 Å². The average Bonchev–Trinajstić information content (AvgIpc) is 2.21. The molecule has 0 spiro atoms. The predicted octanol–water partition coefficient (Wildman–Crippen LogP) is 2.90. The zero-order valence-corrected chi connectivity index (χ0v) is 9.51. The Kier molecular flexibility index (Phi) is 8.30. The van der Waals surface area contributed by atoms with Crippen LogP contribution in [0.5, 0.6) is 0 Å². The molecule has 0 aromatic rings. The summed E-state index contributed by atoms with van der Waals surface area (Å²) in [5, 5.41) is 2.87. The van der Waals surface area contributed by atoms with Crippen molar-refractivity contribution in [1.29, 1.82) is 0 Å².